The summed E-state index contributed by atoms with van der Waals surface area (Å²) in [6.45, 7) is 10.9. The molecule has 0 N–H and O–H groups in total. The molecule has 2 rings (SSSR count). The van der Waals surface area contributed by atoms with Gasteiger partial charge in [0.2, 0.25) is 11.8 Å². The molecular weight excluding hydrogens is 264 g/mol. The molecule has 4 atom stereocenters. The van der Waals surface area contributed by atoms with Crippen molar-refractivity contribution >= 4 is 11.8 Å². The molecule has 1 fully saturated rings. The van der Waals surface area contributed by atoms with Crippen molar-refractivity contribution in [1.29, 1.82) is 0 Å². The highest BCUT2D eigenvalue weighted by Crippen LogP contribution is 2.49. The number of fused-ring (bicyclic) bond motifs is 2. The summed E-state index contributed by atoms with van der Waals surface area (Å²) < 4.78 is 0. The van der Waals surface area contributed by atoms with Crippen LogP contribution < -0.4 is 0 Å². The quantitative estimate of drug-likeness (QED) is 0.704. The van der Waals surface area contributed by atoms with Gasteiger partial charge in [-0.25, -0.2) is 0 Å². The summed E-state index contributed by atoms with van der Waals surface area (Å²) in [5.41, 5.74) is 0. The number of hydrogen-bond acceptors (Lipinski definition) is 2. The van der Waals surface area contributed by atoms with Crippen LogP contribution in [0, 0.1) is 23.7 Å². The van der Waals surface area contributed by atoms with Crippen LogP contribution in [-0.2, 0) is 9.59 Å². The molecule has 21 heavy (non-hydrogen) atoms. The minimum atomic E-state index is -0.145. The van der Waals surface area contributed by atoms with Gasteiger partial charge in [-0.3, -0.25) is 9.59 Å². The predicted molar refractivity (Wildman–Crippen MR) is 83.6 cm³/mol. The van der Waals surface area contributed by atoms with E-state index in [1.807, 2.05) is 37.5 Å². The molecule has 0 aromatic carbocycles. The maximum absolute atomic E-state index is 12.8. The highest BCUT2D eigenvalue weighted by molar-refractivity contribution is 5.89. The van der Waals surface area contributed by atoms with Crippen LogP contribution in [0.5, 0.6) is 0 Å². The zero-order valence-electron chi connectivity index (χ0n) is 13.7. The number of hydrogen-bond donors (Lipinski definition) is 0. The average Bonchev–Trinajstić information content (AvgIpc) is 3.10. The fourth-order valence-corrected chi connectivity index (χ4v) is 3.99. The van der Waals surface area contributed by atoms with Gasteiger partial charge in [0, 0.05) is 26.2 Å². The fraction of sp³-hybridized carbons (Fsp3) is 0.765. The van der Waals surface area contributed by atoms with Crippen LogP contribution in [0.4, 0.5) is 0 Å². The van der Waals surface area contributed by atoms with Crippen LogP contribution in [0.15, 0.2) is 12.2 Å². The summed E-state index contributed by atoms with van der Waals surface area (Å²) in [6.07, 6.45) is 5.28. The van der Waals surface area contributed by atoms with Crippen LogP contribution in [0.1, 0.15) is 34.1 Å². The molecule has 0 radical (unpaired) electrons. The van der Waals surface area contributed by atoms with E-state index in [4.69, 9.17) is 0 Å². The van der Waals surface area contributed by atoms with Crippen molar-refractivity contribution in [3.8, 4) is 0 Å². The van der Waals surface area contributed by atoms with Gasteiger partial charge in [0.25, 0.3) is 0 Å². The third kappa shape index (κ3) is 2.72. The normalized spacial score (nSPS) is 29.7. The molecule has 0 aromatic heterocycles. The van der Waals surface area contributed by atoms with Crippen LogP contribution in [0.2, 0.25) is 0 Å². The lowest BCUT2D eigenvalue weighted by Crippen LogP contribution is -2.47. The highest BCUT2D eigenvalue weighted by atomic mass is 16.2. The Morgan fingerprint density at radius 1 is 0.810 bits per heavy atom. The number of amides is 2. The van der Waals surface area contributed by atoms with Crippen LogP contribution in [0.25, 0.3) is 0 Å². The van der Waals surface area contributed by atoms with Gasteiger partial charge in [0.15, 0.2) is 0 Å². The van der Waals surface area contributed by atoms with Crippen molar-refractivity contribution in [2.45, 2.75) is 34.1 Å². The van der Waals surface area contributed by atoms with Gasteiger partial charge in [-0.15, -0.1) is 0 Å². The maximum Gasteiger partial charge on any atom is 0.227 e. The summed E-state index contributed by atoms with van der Waals surface area (Å²) in [5.74, 6) is 0.561. The van der Waals surface area contributed by atoms with E-state index >= 15 is 0 Å². The maximum atomic E-state index is 12.8. The third-order valence-electron chi connectivity index (χ3n) is 5.18. The van der Waals surface area contributed by atoms with Crippen molar-refractivity contribution in [1.82, 2.24) is 9.80 Å². The fourth-order valence-electron chi connectivity index (χ4n) is 3.99. The Hall–Kier alpha value is -1.32. The van der Waals surface area contributed by atoms with Crippen LogP contribution in [0.3, 0.4) is 0 Å². The summed E-state index contributed by atoms with van der Waals surface area (Å²) in [5, 5.41) is 0. The Morgan fingerprint density at radius 3 is 1.43 bits per heavy atom. The lowest BCUT2D eigenvalue weighted by atomic mass is 9.81. The van der Waals surface area contributed by atoms with Crippen molar-refractivity contribution in [2.24, 2.45) is 23.7 Å². The SMILES string of the molecule is CCN(CC)C(=O)[C@@H]1[C@H](C(=O)N(CC)CC)[C@H]2C=C[C@@H]1C2. The lowest BCUT2D eigenvalue weighted by Gasteiger charge is -2.33. The summed E-state index contributed by atoms with van der Waals surface area (Å²) >= 11 is 0. The van der Waals surface area contributed by atoms with Gasteiger partial charge < -0.3 is 9.80 Å². The number of nitrogens with zero attached hydrogens (tertiary/aromatic N) is 2. The molecule has 118 valence electrons. The molecule has 0 spiro atoms. The predicted octanol–water partition coefficient (Wildman–Crippen LogP) is 2.16. The molecule has 2 bridgehead atoms. The minimum absolute atomic E-state index is 0.145. The molecule has 2 aliphatic rings. The van der Waals surface area contributed by atoms with Crippen molar-refractivity contribution in [2.75, 3.05) is 26.2 Å². The Balaban J connectivity index is 2.24. The topological polar surface area (TPSA) is 40.6 Å². The van der Waals surface area contributed by atoms with E-state index in [9.17, 15) is 9.59 Å². The van der Waals surface area contributed by atoms with Crippen molar-refractivity contribution in [3.05, 3.63) is 12.2 Å². The first-order valence-corrected chi connectivity index (χ1v) is 8.34. The first-order chi connectivity index (χ1) is 10.1. The smallest absolute Gasteiger partial charge is 0.227 e. The molecular formula is C17H28N2O2. The number of carbonyl (C=O) groups is 2. The molecule has 2 aliphatic carbocycles. The van der Waals surface area contributed by atoms with Crippen molar-refractivity contribution in [3.63, 3.8) is 0 Å². The summed E-state index contributed by atoms with van der Waals surface area (Å²) in [7, 11) is 0. The second-order valence-corrected chi connectivity index (χ2v) is 6.02. The molecule has 4 heteroatoms. The van der Waals surface area contributed by atoms with Gasteiger partial charge in [0.05, 0.1) is 11.8 Å². The Morgan fingerprint density at radius 2 is 1.14 bits per heavy atom. The second-order valence-electron chi connectivity index (χ2n) is 6.02. The standard InChI is InChI=1S/C17H28N2O2/c1-5-18(6-2)16(20)14-12-9-10-13(11-12)15(14)17(21)19(7-3)8-4/h9-10,12-15H,5-8,11H2,1-4H3/t12-,13+,14+,15-. The Bertz CT molecular complexity index is 387. The van der Waals surface area contributed by atoms with E-state index in [1.165, 1.54) is 0 Å². The Kier molecular flexibility index (Phi) is 5.07. The molecule has 0 saturated heterocycles. The number of allylic oxidation sites excluding steroid dienone is 2. The second kappa shape index (κ2) is 6.63. The summed E-state index contributed by atoms with van der Waals surface area (Å²) in [6, 6.07) is 0. The van der Waals surface area contributed by atoms with Gasteiger partial charge in [-0.2, -0.15) is 0 Å². The number of carbonyl (C=O) groups excluding carboxylic acids is 2. The highest BCUT2D eigenvalue weighted by Gasteiger charge is 2.52. The van der Waals surface area contributed by atoms with E-state index in [0.717, 1.165) is 32.6 Å². The van der Waals surface area contributed by atoms with Crippen molar-refractivity contribution < 1.29 is 9.59 Å². The van der Waals surface area contributed by atoms with Gasteiger partial charge in [-0.05, 0) is 46.0 Å². The van der Waals surface area contributed by atoms with Gasteiger partial charge in [0.1, 0.15) is 0 Å². The zero-order chi connectivity index (χ0) is 15.6. The monoisotopic (exact) mass is 292 g/mol. The summed E-state index contributed by atoms with van der Waals surface area (Å²) in [4.78, 5) is 29.4. The largest absolute Gasteiger partial charge is 0.343 e. The molecule has 0 aromatic rings. The first-order valence-electron chi connectivity index (χ1n) is 8.34. The molecule has 0 heterocycles. The molecule has 4 nitrogen and oxygen atoms in total. The minimum Gasteiger partial charge on any atom is -0.343 e. The zero-order valence-corrected chi connectivity index (χ0v) is 13.7. The molecule has 1 saturated carbocycles. The lowest BCUT2D eigenvalue weighted by molar-refractivity contribution is -0.146. The van der Waals surface area contributed by atoms with E-state index in [-0.39, 0.29) is 35.5 Å². The molecule has 0 aliphatic heterocycles. The molecule has 0 unspecified atom stereocenters. The van der Waals surface area contributed by atoms with E-state index in [1.54, 1.807) is 0 Å². The number of rotatable bonds is 6. The average molecular weight is 292 g/mol. The van der Waals surface area contributed by atoms with E-state index in [0.29, 0.717) is 0 Å². The van der Waals surface area contributed by atoms with Crippen LogP contribution >= 0.6 is 0 Å². The van der Waals surface area contributed by atoms with Gasteiger partial charge >= 0.3 is 0 Å². The van der Waals surface area contributed by atoms with E-state index < -0.39 is 0 Å². The molecule has 2 amide bonds. The van der Waals surface area contributed by atoms with E-state index in [2.05, 4.69) is 12.2 Å². The third-order valence-corrected chi connectivity index (χ3v) is 5.18. The van der Waals surface area contributed by atoms with Gasteiger partial charge in [-0.1, -0.05) is 12.2 Å². The Labute approximate surface area is 128 Å². The van der Waals surface area contributed by atoms with Crippen LogP contribution in [-0.4, -0.2) is 47.8 Å². The first kappa shape index (κ1) is 16.1.